The third-order valence-electron chi connectivity index (χ3n) is 11.8. The van der Waals surface area contributed by atoms with E-state index in [9.17, 15) is 5.11 Å². The minimum absolute atomic E-state index is 0.0857. The molecule has 6 heteroatoms. The summed E-state index contributed by atoms with van der Waals surface area (Å²) in [6, 6.07) is 1.21. The summed E-state index contributed by atoms with van der Waals surface area (Å²) < 4.78 is 0. The van der Waals surface area contributed by atoms with Gasteiger partial charge in [-0.3, -0.25) is 11.3 Å². The predicted molar refractivity (Wildman–Crippen MR) is 155 cm³/mol. The lowest BCUT2D eigenvalue weighted by molar-refractivity contribution is -0.165. The minimum Gasteiger partial charge on any atom is -0.393 e. The number of rotatable bonds is 14. The van der Waals surface area contributed by atoms with Crippen molar-refractivity contribution in [1.82, 2.24) is 21.4 Å². The highest BCUT2D eigenvalue weighted by Crippen LogP contribution is 2.67. The highest BCUT2D eigenvalue weighted by molar-refractivity contribution is 5.11. The van der Waals surface area contributed by atoms with Crippen LogP contribution in [0.25, 0.3) is 0 Å². The Hall–Kier alpha value is -0.240. The Morgan fingerprint density at radius 3 is 2.38 bits per heavy atom. The molecule has 0 heterocycles. The van der Waals surface area contributed by atoms with Crippen molar-refractivity contribution in [3.63, 3.8) is 0 Å². The third kappa shape index (κ3) is 6.74. The minimum atomic E-state index is -0.0857. The van der Waals surface area contributed by atoms with Gasteiger partial charge in [-0.2, -0.15) is 0 Å². The lowest BCUT2D eigenvalue weighted by Gasteiger charge is -2.62. The number of nitrogens with two attached hydrogens (primary N) is 1. The van der Waals surface area contributed by atoms with Crippen molar-refractivity contribution in [2.45, 2.75) is 123 Å². The first-order valence-corrected chi connectivity index (χ1v) is 16.1. The van der Waals surface area contributed by atoms with Gasteiger partial charge >= 0.3 is 0 Å². The summed E-state index contributed by atoms with van der Waals surface area (Å²) in [6.45, 7) is 14.9. The van der Waals surface area contributed by atoms with E-state index in [-0.39, 0.29) is 6.10 Å². The van der Waals surface area contributed by atoms with Gasteiger partial charge in [0, 0.05) is 31.7 Å². The van der Waals surface area contributed by atoms with Gasteiger partial charge in [0.15, 0.2) is 0 Å². The highest BCUT2D eigenvalue weighted by Gasteiger charge is 2.62. The Morgan fingerprint density at radius 2 is 1.59 bits per heavy atom. The molecule has 6 nitrogen and oxygen atoms in total. The summed E-state index contributed by atoms with van der Waals surface area (Å²) in [7, 11) is 0. The fourth-order valence-corrected chi connectivity index (χ4v) is 9.70. The van der Waals surface area contributed by atoms with Gasteiger partial charge in [0.1, 0.15) is 0 Å². The average molecular weight is 520 g/mol. The first-order valence-electron chi connectivity index (χ1n) is 16.1. The molecule has 4 saturated carbocycles. The number of hydrogen-bond donors (Lipinski definition) is 6. The largest absolute Gasteiger partial charge is 0.393 e. The summed E-state index contributed by atoms with van der Waals surface area (Å²) in [6.07, 6.45) is 15.3. The molecule has 9 atom stereocenters. The van der Waals surface area contributed by atoms with Crippen LogP contribution in [0.3, 0.4) is 0 Å². The van der Waals surface area contributed by atoms with E-state index in [2.05, 4.69) is 49.1 Å². The van der Waals surface area contributed by atoms with E-state index < -0.39 is 0 Å². The van der Waals surface area contributed by atoms with Crippen molar-refractivity contribution < 1.29 is 5.11 Å². The molecule has 0 amide bonds. The summed E-state index contributed by atoms with van der Waals surface area (Å²) in [4.78, 5) is 0. The van der Waals surface area contributed by atoms with Crippen LogP contribution in [0.4, 0.5) is 0 Å². The molecule has 9 unspecified atom stereocenters. The quantitative estimate of drug-likeness (QED) is 0.117. The first kappa shape index (κ1) is 29.7. The third-order valence-corrected chi connectivity index (χ3v) is 11.8. The lowest BCUT2D eigenvalue weighted by atomic mass is 9.44. The Balaban J connectivity index is 1.27. The van der Waals surface area contributed by atoms with Crippen molar-refractivity contribution in [3.05, 3.63) is 0 Å². The molecule has 0 aromatic carbocycles. The van der Waals surface area contributed by atoms with Crippen molar-refractivity contribution in [3.8, 4) is 0 Å². The molecule has 0 saturated heterocycles. The summed E-state index contributed by atoms with van der Waals surface area (Å²) in [5, 5.41) is 22.7. The molecule has 0 aromatic rings. The van der Waals surface area contributed by atoms with Crippen LogP contribution < -0.4 is 27.2 Å². The van der Waals surface area contributed by atoms with E-state index in [1.54, 1.807) is 0 Å². The van der Waals surface area contributed by atoms with Crippen LogP contribution in [0.15, 0.2) is 0 Å². The maximum atomic E-state index is 11.6. The van der Waals surface area contributed by atoms with Gasteiger partial charge < -0.3 is 21.1 Å². The van der Waals surface area contributed by atoms with Gasteiger partial charge in [-0.1, -0.05) is 27.7 Å². The SMILES string of the molecule is CC(C)NCCCC1CCC2C3C(O)CC4CC(NCCNCCCCNN)CCC4(C)C3CCC12C. The van der Waals surface area contributed by atoms with Crippen LogP contribution in [-0.2, 0) is 0 Å². The molecule has 216 valence electrons. The van der Waals surface area contributed by atoms with Gasteiger partial charge in [-0.05, 0) is 131 Å². The average Bonchev–Trinajstić information content (AvgIpc) is 3.20. The second kappa shape index (κ2) is 13.4. The fraction of sp³-hybridized carbons (Fsp3) is 1.00. The zero-order valence-electron chi connectivity index (χ0n) is 24.7. The van der Waals surface area contributed by atoms with Crippen LogP contribution in [0, 0.1) is 40.4 Å². The van der Waals surface area contributed by atoms with E-state index in [1.807, 2.05) is 0 Å². The van der Waals surface area contributed by atoms with Crippen molar-refractivity contribution in [2.24, 2.45) is 46.3 Å². The molecule has 4 aliphatic carbocycles. The highest BCUT2D eigenvalue weighted by atomic mass is 16.3. The van der Waals surface area contributed by atoms with Crippen molar-refractivity contribution in [2.75, 3.05) is 32.7 Å². The molecule has 37 heavy (non-hydrogen) atoms. The van der Waals surface area contributed by atoms with E-state index in [4.69, 9.17) is 5.84 Å². The Bertz CT molecular complexity index is 691. The van der Waals surface area contributed by atoms with Gasteiger partial charge in [-0.15, -0.1) is 0 Å². The molecule has 0 aliphatic heterocycles. The number of hydrogen-bond acceptors (Lipinski definition) is 6. The monoisotopic (exact) mass is 519 g/mol. The van der Waals surface area contributed by atoms with Crippen LogP contribution in [0.5, 0.6) is 0 Å². The number of hydrazine groups is 1. The van der Waals surface area contributed by atoms with Gasteiger partial charge in [0.2, 0.25) is 0 Å². The summed E-state index contributed by atoms with van der Waals surface area (Å²) >= 11 is 0. The molecular weight excluding hydrogens is 458 g/mol. The topological polar surface area (TPSA) is 94.4 Å². The first-order chi connectivity index (χ1) is 17.8. The second-order valence-corrected chi connectivity index (χ2v) is 14.2. The van der Waals surface area contributed by atoms with Crippen LogP contribution in [0.1, 0.15) is 105 Å². The van der Waals surface area contributed by atoms with Gasteiger partial charge in [0.05, 0.1) is 6.10 Å². The Labute approximate surface area is 228 Å². The molecule has 0 bridgehead atoms. The second-order valence-electron chi connectivity index (χ2n) is 14.2. The summed E-state index contributed by atoms with van der Waals surface area (Å²) in [5.41, 5.74) is 3.61. The standard InChI is InChI=1S/C31H61N5O/c1-22(2)34-16-7-8-23-9-10-26-29-27(12-14-30(23,26)3)31(4)13-11-25(20-24(31)21-28(29)37)35-19-18-33-15-5-6-17-36-32/h22-29,33-37H,5-21,32H2,1-4H3. The Kier molecular flexibility index (Phi) is 10.8. The molecule has 4 aliphatic rings. The molecule has 0 aromatic heterocycles. The number of aliphatic hydroxyl groups excluding tert-OH is 1. The van der Waals surface area contributed by atoms with E-state index >= 15 is 0 Å². The Morgan fingerprint density at radius 1 is 0.838 bits per heavy atom. The molecule has 4 rings (SSSR count). The molecule has 7 N–H and O–H groups in total. The molecule has 0 radical (unpaired) electrons. The lowest BCUT2D eigenvalue weighted by Crippen LogP contribution is -2.59. The van der Waals surface area contributed by atoms with E-state index in [0.29, 0.717) is 34.7 Å². The van der Waals surface area contributed by atoms with Crippen LogP contribution in [-0.4, -0.2) is 56.0 Å². The number of unbranched alkanes of at least 4 members (excludes halogenated alkanes) is 1. The van der Waals surface area contributed by atoms with E-state index in [0.717, 1.165) is 63.3 Å². The van der Waals surface area contributed by atoms with Gasteiger partial charge in [-0.25, -0.2) is 0 Å². The zero-order chi connectivity index (χ0) is 26.5. The van der Waals surface area contributed by atoms with Crippen LogP contribution >= 0.6 is 0 Å². The van der Waals surface area contributed by atoms with Gasteiger partial charge in [0.25, 0.3) is 0 Å². The van der Waals surface area contributed by atoms with E-state index in [1.165, 1.54) is 64.2 Å². The number of nitrogens with one attached hydrogen (secondary N) is 4. The zero-order valence-corrected chi connectivity index (χ0v) is 24.7. The normalized spacial score (nSPS) is 41.4. The van der Waals surface area contributed by atoms with Crippen molar-refractivity contribution >= 4 is 0 Å². The molecule has 0 spiro atoms. The molecule has 4 fully saturated rings. The molecular formula is C31H61N5O. The fourth-order valence-electron chi connectivity index (χ4n) is 9.70. The predicted octanol–water partition coefficient (Wildman–Crippen LogP) is 4.19. The maximum Gasteiger partial charge on any atom is 0.0577 e. The summed E-state index contributed by atoms with van der Waals surface area (Å²) in [5.74, 6) is 8.88. The van der Waals surface area contributed by atoms with Crippen LogP contribution in [0.2, 0.25) is 0 Å². The number of fused-ring (bicyclic) bond motifs is 5. The maximum absolute atomic E-state index is 11.6. The van der Waals surface area contributed by atoms with Crippen molar-refractivity contribution in [1.29, 1.82) is 0 Å². The number of aliphatic hydroxyl groups is 1. The smallest absolute Gasteiger partial charge is 0.0577 e.